The van der Waals surface area contributed by atoms with Gasteiger partial charge in [0.15, 0.2) is 5.78 Å². The molecule has 0 spiro atoms. The molecule has 0 atom stereocenters. The highest BCUT2D eigenvalue weighted by atomic mass is 16.5. The van der Waals surface area contributed by atoms with Crippen LogP contribution in [0.5, 0.6) is 0 Å². The number of hydrogen-bond donors (Lipinski definition) is 1. The summed E-state index contributed by atoms with van der Waals surface area (Å²) < 4.78 is 5.47. The number of rotatable bonds is 5. The molecular formula is C17H23N3O2. The van der Waals surface area contributed by atoms with E-state index in [9.17, 15) is 4.79 Å². The molecule has 118 valence electrons. The first kappa shape index (κ1) is 16.5. The topological polar surface area (TPSA) is 65.4 Å². The van der Waals surface area contributed by atoms with Crippen LogP contribution in [-0.2, 0) is 4.74 Å². The van der Waals surface area contributed by atoms with Crippen LogP contribution in [0.4, 0.5) is 5.69 Å². The van der Waals surface area contributed by atoms with Crippen molar-refractivity contribution < 1.29 is 9.53 Å². The Balaban J connectivity index is 2.22. The number of ketones is 1. The highest BCUT2D eigenvalue weighted by Gasteiger charge is 2.34. The summed E-state index contributed by atoms with van der Waals surface area (Å²) in [5.74, 6) is -0.00197. The predicted octanol–water partition coefficient (Wildman–Crippen LogP) is 2.28. The molecule has 0 unspecified atom stereocenters. The van der Waals surface area contributed by atoms with Crippen LogP contribution in [0, 0.1) is 11.3 Å². The lowest BCUT2D eigenvalue weighted by Crippen LogP contribution is -2.53. The third-order valence-corrected chi connectivity index (χ3v) is 4.51. The average Bonchev–Trinajstić information content (AvgIpc) is 2.53. The lowest BCUT2D eigenvalue weighted by molar-refractivity contribution is -0.000637. The van der Waals surface area contributed by atoms with Gasteiger partial charge in [-0.3, -0.25) is 4.79 Å². The van der Waals surface area contributed by atoms with E-state index in [2.05, 4.69) is 30.4 Å². The van der Waals surface area contributed by atoms with Crippen LogP contribution >= 0.6 is 0 Å². The third kappa shape index (κ3) is 3.46. The van der Waals surface area contributed by atoms with E-state index in [0.29, 0.717) is 11.1 Å². The molecule has 1 aliphatic heterocycles. The first-order chi connectivity index (χ1) is 10.5. The van der Waals surface area contributed by atoms with Crippen LogP contribution in [0.3, 0.4) is 0 Å². The molecule has 0 saturated carbocycles. The van der Waals surface area contributed by atoms with Crippen molar-refractivity contribution in [3.05, 3.63) is 29.3 Å². The second-order valence-electron chi connectivity index (χ2n) is 6.01. The lowest BCUT2D eigenvalue weighted by Gasteiger charge is -2.43. The first-order valence-electron chi connectivity index (χ1n) is 7.53. The lowest BCUT2D eigenvalue weighted by atomic mass is 9.88. The number of hydrogen-bond acceptors (Lipinski definition) is 5. The van der Waals surface area contributed by atoms with E-state index < -0.39 is 0 Å². The Bertz CT molecular complexity index is 584. The molecule has 1 fully saturated rings. The summed E-state index contributed by atoms with van der Waals surface area (Å²) in [6.45, 7) is 3.76. The maximum atomic E-state index is 11.8. The molecule has 1 aliphatic rings. The SMILES string of the molecule is CC(=O)c1ccc(C#N)cc1NCC1(N(C)C)CCOCC1. The Morgan fingerprint density at radius 1 is 1.41 bits per heavy atom. The summed E-state index contributed by atoms with van der Waals surface area (Å²) in [5, 5.41) is 12.5. The predicted molar refractivity (Wildman–Crippen MR) is 86.1 cm³/mol. The van der Waals surface area contributed by atoms with Crippen molar-refractivity contribution in [2.24, 2.45) is 0 Å². The first-order valence-corrected chi connectivity index (χ1v) is 7.53. The fraction of sp³-hybridized carbons (Fsp3) is 0.529. The summed E-state index contributed by atoms with van der Waals surface area (Å²) in [6.07, 6.45) is 1.89. The number of benzene rings is 1. The minimum atomic E-state index is -0.00197. The van der Waals surface area contributed by atoms with Crippen LogP contribution in [0.25, 0.3) is 0 Å². The molecule has 2 rings (SSSR count). The smallest absolute Gasteiger partial charge is 0.161 e. The summed E-state index contributed by atoms with van der Waals surface area (Å²) in [5.41, 5.74) is 1.92. The van der Waals surface area contributed by atoms with Crippen molar-refractivity contribution in [3.8, 4) is 6.07 Å². The Hall–Kier alpha value is -1.90. The zero-order chi connectivity index (χ0) is 16.2. The highest BCUT2D eigenvalue weighted by molar-refractivity contribution is 5.99. The number of anilines is 1. The van der Waals surface area contributed by atoms with Gasteiger partial charge in [-0.1, -0.05) is 0 Å². The molecule has 1 aromatic rings. The van der Waals surface area contributed by atoms with Gasteiger partial charge in [0, 0.05) is 36.5 Å². The number of ether oxygens (including phenoxy) is 1. The van der Waals surface area contributed by atoms with Crippen LogP contribution in [0.1, 0.15) is 35.7 Å². The summed E-state index contributed by atoms with van der Waals surface area (Å²) >= 11 is 0. The van der Waals surface area contributed by atoms with Gasteiger partial charge in [0.2, 0.25) is 0 Å². The quantitative estimate of drug-likeness (QED) is 0.845. The van der Waals surface area contributed by atoms with Crippen molar-refractivity contribution in [1.82, 2.24) is 4.90 Å². The third-order valence-electron chi connectivity index (χ3n) is 4.51. The van der Waals surface area contributed by atoms with Crippen LogP contribution in [0.15, 0.2) is 18.2 Å². The van der Waals surface area contributed by atoms with Gasteiger partial charge in [-0.15, -0.1) is 0 Å². The molecule has 1 N–H and O–H groups in total. The van der Waals surface area contributed by atoms with Gasteiger partial charge < -0.3 is 15.0 Å². The van der Waals surface area contributed by atoms with Gasteiger partial charge in [0.1, 0.15) is 0 Å². The molecule has 0 bridgehead atoms. The molecule has 0 radical (unpaired) electrons. The molecule has 1 heterocycles. The van der Waals surface area contributed by atoms with Crippen molar-refractivity contribution in [2.75, 3.05) is 39.2 Å². The molecule has 0 aromatic heterocycles. The van der Waals surface area contributed by atoms with Crippen LogP contribution < -0.4 is 5.32 Å². The summed E-state index contributed by atoms with van der Waals surface area (Å²) in [7, 11) is 4.15. The van der Waals surface area contributed by atoms with Gasteiger partial charge >= 0.3 is 0 Å². The van der Waals surface area contributed by atoms with E-state index in [1.807, 2.05) is 0 Å². The Kier molecular flexibility index (Phi) is 5.17. The van der Waals surface area contributed by atoms with Gasteiger partial charge in [0.05, 0.1) is 11.6 Å². The molecule has 5 heteroatoms. The number of nitrogens with one attached hydrogen (secondary N) is 1. The van der Waals surface area contributed by atoms with E-state index >= 15 is 0 Å². The van der Waals surface area contributed by atoms with Crippen molar-refractivity contribution >= 4 is 11.5 Å². The number of carbonyl (C=O) groups is 1. The molecule has 1 aromatic carbocycles. The number of nitriles is 1. The Morgan fingerprint density at radius 3 is 2.64 bits per heavy atom. The largest absolute Gasteiger partial charge is 0.383 e. The van der Waals surface area contributed by atoms with E-state index in [1.54, 1.807) is 25.1 Å². The normalized spacial score (nSPS) is 17.0. The molecular weight excluding hydrogens is 278 g/mol. The van der Waals surface area contributed by atoms with E-state index in [4.69, 9.17) is 10.00 Å². The van der Waals surface area contributed by atoms with Gasteiger partial charge in [0.25, 0.3) is 0 Å². The van der Waals surface area contributed by atoms with E-state index in [-0.39, 0.29) is 11.3 Å². The standard InChI is InChI=1S/C17H23N3O2/c1-13(21)15-5-4-14(11-18)10-16(15)19-12-17(20(2)3)6-8-22-9-7-17/h4-5,10,19H,6-9,12H2,1-3H3. The molecule has 22 heavy (non-hydrogen) atoms. The van der Waals surface area contributed by atoms with Crippen molar-refractivity contribution in [2.45, 2.75) is 25.3 Å². The number of Topliss-reactive ketones (excluding diaryl/α,β-unsaturated/α-hetero) is 1. The molecule has 1 saturated heterocycles. The zero-order valence-electron chi connectivity index (χ0n) is 13.5. The second kappa shape index (κ2) is 6.91. The van der Waals surface area contributed by atoms with E-state index in [1.165, 1.54) is 0 Å². The van der Waals surface area contributed by atoms with Crippen molar-refractivity contribution in [1.29, 1.82) is 5.26 Å². The Morgan fingerprint density at radius 2 is 2.09 bits per heavy atom. The monoisotopic (exact) mass is 301 g/mol. The van der Waals surface area contributed by atoms with Gasteiger partial charge in [-0.05, 0) is 52.1 Å². The minimum Gasteiger partial charge on any atom is -0.383 e. The number of carbonyl (C=O) groups excluding carboxylic acids is 1. The molecule has 0 aliphatic carbocycles. The second-order valence-corrected chi connectivity index (χ2v) is 6.01. The summed E-state index contributed by atoms with van der Waals surface area (Å²) in [4.78, 5) is 14.0. The maximum Gasteiger partial charge on any atom is 0.161 e. The zero-order valence-corrected chi connectivity index (χ0v) is 13.5. The maximum absolute atomic E-state index is 11.8. The molecule has 5 nitrogen and oxygen atoms in total. The average molecular weight is 301 g/mol. The van der Waals surface area contributed by atoms with Crippen LogP contribution in [0.2, 0.25) is 0 Å². The number of likely N-dealkylation sites (N-methyl/N-ethyl adjacent to an activating group) is 1. The van der Waals surface area contributed by atoms with Crippen molar-refractivity contribution in [3.63, 3.8) is 0 Å². The van der Waals surface area contributed by atoms with Gasteiger partial charge in [-0.2, -0.15) is 5.26 Å². The molecule has 0 amide bonds. The van der Waals surface area contributed by atoms with Crippen LogP contribution in [-0.4, -0.2) is 50.1 Å². The Labute approximate surface area is 131 Å². The summed E-state index contributed by atoms with van der Waals surface area (Å²) in [6, 6.07) is 7.27. The minimum absolute atomic E-state index is 0.00197. The number of nitrogens with zero attached hydrogens (tertiary/aromatic N) is 2. The van der Waals surface area contributed by atoms with E-state index in [0.717, 1.165) is 38.3 Å². The van der Waals surface area contributed by atoms with Gasteiger partial charge in [-0.25, -0.2) is 0 Å². The highest BCUT2D eigenvalue weighted by Crippen LogP contribution is 2.27. The fourth-order valence-electron chi connectivity index (χ4n) is 2.86. The fourth-order valence-corrected chi connectivity index (χ4v) is 2.86.